The fraction of sp³-hybridized carbons (Fsp3) is 0.778. The number of aliphatic imine (C=N–C) groups is 1. The minimum atomic E-state index is 0. The van der Waals surface area contributed by atoms with Crippen LogP contribution in [-0.2, 0) is 23.1 Å². The first-order valence-corrected chi connectivity index (χ1v) is 9.15. The van der Waals surface area contributed by atoms with Crippen molar-refractivity contribution >= 4 is 29.9 Å². The molecule has 0 aromatic carbocycles. The summed E-state index contributed by atoms with van der Waals surface area (Å²) < 4.78 is 12.6. The summed E-state index contributed by atoms with van der Waals surface area (Å²) in [6.07, 6.45) is 1.14. The second-order valence-corrected chi connectivity index (χ2v) is 6.61. The molecule has 1 aliphatic rings. The minimum absolute atomic E-state index is 0. The number of likely N-dealkylation sites (tertiary alicyclic amines) is 1. The normalized spacial score (nSPS) is 17.5. The molecule has 1 N–H and O–H groups in total. The van der Waals surface area contributed by atoms with Crippen molar-refractivity contribution in [3.63, 3.8) is 0 Å². The number of aromatic nitrogens is 2. The first-order valence-electron chi connectivity index (χ1n) is 9.15. The summed E-state index contributed by atoms with van der Waals surface area (Å²) >= 11 is 0. The van der Waals surface area contributed by atoms with Crippen LogP contribution in [0.2, 0.25) is 0 Å². The number of rotatable bonds is 8. The summed E-state index contributed by atoms with van der Waals surface area (Å²) in [5.74, 6) is 1.55. The highest BCUT2D eigenvalue weighted by molar-refractivity contribution is 14.0. The van der Waals surface area contributed by atoms with Crippen molar-refractivity contribution < 1.29 is 9.47 Å². The van der Waals surface area contributed by atoms with Gasteiger partial charge >= 0.3 is 0 Å². The summed E-state index contributed by atoms with van der Waals surface area (Å²) in [6, 6.07) is 0. The molecular weight excluding hydrogens is 445 g/mol. The molecule has 0 spiro atoms. The molecule has 0 amide bonds. The molecule has 1 fully saturated rings. The zero-order valence-electron chi connectivity index (χ0n) is 16.7. The lowest BCUT2D eigenvalue weighted by molar-refractivity contribution is 0.0536. The summed E-state index contributed by atoms with van der Waals surface area (Å²) in [7, 11) is 3.68. The average Bonchev–Trinajstić information content (AvgIpc) is 3.15. The monoisotopic (exact) mass is 479 g/mol. The van der Waals surface area contributed by atoms with Crippen molar-refractivity contribution in [2.24, 2.45) is 18.0 Å². The number of aryl methyl sites for hydroxylation is 2. The second kappa shape index (κ2) is 11.8. The molecule has 150 valence electrons. The van der Waals surface area contributed by atoms with Gasteiger partial charge in [-0.25, -0.2) is 4.99 Å². The number of methoxy groups -OCH3 is 1. The third-order valence-corrected chi connectivity index (χ3v) is 4.75. The van der Waals surface area contributed by atoms with Crippen molar-refractivity contribution in [3.8, 4) is 0 Å². The van der Waals surface area contributed by atoms with E-state index in [0.29, 0.717) is 25.7 Å². The molecule has 0 radical (unpaired) electrons. The lowest BCUT2D eigenvalue weighted by Crippen LogP contribution is -2.40. The van der Waals surface area contributed by atoms with Gasteiger partial charge in [0.25, 0.3) is 0 Å². The molecular formula is C18H34IN5O2. The van der Waals surface area contributed by atoms with E-state index in [1.807, 2.05) is 18.7 Å². The maximum Gasteiger partial charge on any atom is 0.194 e. The van der Waals surface area contributed by atoms with Crippen molar-refractivity contribution in [1.29, 1.82) is 0 Å². The maximum absolute atomic E-state index is 5.69. The number of guanidine groups is 1. The van der Waals surface area contributed by atoms with E-state index in [9.17, 15) is 0 Å². The van der Waals surface area contributed by atoms with E-state index in [-0.39, 0.29) is 24.0 Å². The molecule has 1 unspecified atom stereocenters. The van der Waals surface area contributed by atoms with Crippen LogP contribution < -0.4 is 5.32 Å². The SMILES string of the molecule is CCNC(=NCc1c(C)nn(C)c1C)N1CCC(COCCOC)C1.I. The molecule has 8 heteroatoms. The summed E-state index contributed by atoms with van der Waals surface area (Å²) in [5.41, 5.74) is 3.46. The van der Waals surface area contributed by atoms with Crippen LogP contribution in [0.15, 0.2) is 4.99 Å². The van der Waals surface area contributed by atoms with Crippen molar-refractivity contribution in [1.82, 2.24) is 20.0 Å². The molecule has 26 heavy (non-hydrogen) atoms. The quantitative estimate of drug-likeness (QED) is 0.268. The number of halogens is 1. The van der Waals surface area contributed by atoms with Crippen LogP contribution >= 0.6 is 24.0 Å². The Morgan fingerprint density at radius 3 is 2.73 bits per heavy atom. The predicted molar refractivity (Wildman–Crippen MR) is 115 cm³/mol. The Morgan fingerprint density at radius 2 is 2.12 bits per heavy atom. The lowest BCUT2D eigenvalue weighted by atomic mass is 10.1. The van der Waals surface area contributed by atoms with Gasteiger partial charge in [-0.15, -0.1) is 24.0 Å². The highest BCUT2D eigenvalue weighted by Gasteiger charge is 2.25. The van der Waals surface area contributed by atoms with E-state index in [1.165, 1.54) is 11.3 Å². The molecule has 0 aliphatic carbocycles. The van der Waals surface area contributed by atoms with E-state index in [0.717, 1.165) is 44.3 Å². The molecule has 1 aromatic heterocycles. The van der Waals surface area contributed by atoms with Gasteiger partial charge in [0.05, 0.1) is 32.1 Å². The van der Waals surface area contributed by atoms with E-state index in [4.69, 9.17) is 14.5 Å². The Hall–Kier alpha value is -0.870. The van der Waals surface area contributed by atoms with Crippen LogP contribution in [0.3, 0.4) is 0 Å². The Kier molecular flexibility index (Phi) is 10.5. The molecule has 0 bridgehead atoms. The third kappa shape index (κ3) is 6.38. The van der Waals surface area contributed by atoms with E-state index < -0.39 is 0 Å². The number of ether oxygens (including phenoxy) is 2. The van der Waals surface area contributed by atoms with Gasteiger partial charge in [-0.05, 0) is 27.2 Å². The minimum Gasteiger partial charge on any atom is -0.382 e. The number of nitrogens with zero attached hydrogens (tertiary/aromatic N) is 4. The molecule has 7 nitrogen and oxygen atoms in total. The van der Waals surface area contributed by atoms with Crippen LogP contribution in [0.5, 0.6) is 0 Å². The zero-order chi connectivity index (χ0) is 18.2. The van der Waals surface area contributed by atoms with Gasteiger partial charge in [-0.3, -0.25) is 4.68 Å². The highest BCUT2D eigenvalue weighted by atomic mass is 127. The van der Waals surface area contributed by atoms with Gasteiger partial charge < -0.3 is 19.7 Å². The van der Waals surface area contributed by atoms with Crippen LogP contribution in [0.1, 0.15) is 30.3 Å². The Labute approximate surface area is 174 Å². The van der Waals surface area contributed by atoms with E-state index in [1.54, 1.807) is 7.11 Å². The van der Waals surface area contributed by atoms with Gasteiger partial charge in [-0.2, -0.15) is 5.10 Å². The number of hydrogen-bond acceptors (Lipinski definition) is 4. The smallest absolute Gasteiger partial charge is 0.194 e. The van der Waals surface area contributed by atoms with Gasteiger partial charge in [0, 0.05) is 51.0 Å². The largest absolute Gasteiger partial charge is 0.382 e. The molecule has 2 heterocycles. The van der Waals surface area contributed by atoms with Crippen LogP contribution in [0.25, 0.3) is 0 Å². The van der Waals surface area contributed by atoms with E-state index in [2.05, 4.69) is 29.2 Å². The summed E-state index contributed by atoms with van der Waals surface area (Å²) in [6.45, 7) is 11.9. The fourth-order valence-electron chi connectivity index (χ4n) is 3.18. The van der Waals surface area contributed by atoms with Gasteiger partial charge in [0.15, 0.2) is 5.96 Å². The Bertz CT molecular complexity index is 576. The summed E-state index contributed by atoms with van der Waals surface area (Å²) in [4.78, 5) is 7.20. The third-order valence-electron chi connectivity index (χ3n) is 4.75. The van der Waals surface area contributed by atoms with Crippen molar-refractivity contribution in [3.05, 3.63) is 17.0 Å². The first kappa shape index (κ1) is 23.2. The van der Waals surface area contributed by atoms with Crippen LogP contribution in [-0.4, -0.2) is 67.2 Å². The van der Waals surface area contributed by atoms with Crippen LogP contribution in [0, 0.1) is 19.8 Å². The number of hydrogen-bond donors (Lipinski definition) is 1. The van der Waals surface area contributed by atoms with Crippen LogP contribution in [0.4, 0.5) is 0 Å². The molecule has 1 aliphatic heterocycles. The molecule has 0 saturated carbocycles. The number of nitrogens with one attached hydrogen (secondary N) is 1. The maximum atomic E-state index is 5.69. The van der Waals surface area contributed by atoms with Crippen molar-refractivity contribution in [2.45, 2.75) is 33.7 Å². The van der Waals surface area contributed by atoms with Gasteiger partial charge in [-0.1, -0.05) is 0 Å². The second-order valence-electron chi connectivity index (χ2n) is 6.61. The topological polar surface area (TPSA) is 63.9 Å². The predicted octanol–water partition coefficient (Wildman–Crippen LogP) is 2.11. The molecule has 1 aromatic rings. The molecule has 1 atom stereocenters. The van der Waals surface area contributed by atoms with E-state index >= 15 is 0 Å². The standard InChI is InChI=1S/C18H33N5O2.HI/c1-6-19-18(20-11-17-14(2)21-22(4)15(17)3)23-8-7-16(12-23)13-25-10-9-24-5;/h16H,6-13H2,1-5H3,(H,19,20);1H. The first-order chi connectivity index (χ1) is 12.1. The molecule has 1 saturated heterocycles. The van der Waals surface area contributed by atoms with Gasteiger partial charge in [0.2, 0.25) is 0 Å². The van der Waals surface area contributed by atoms with Crippen molar-refractivity contribution in [2.75, 3.05) is 46.6 Å². The lowest BCUT2D eigenvalue weighted by Gasteiger charge is -2.21. The Morgan fingerprint density at radius 1 is 1.35 bits per heavy atom. The fourth-order valence-corrected chi connectivity index (χ4v) is 3.18. The highest BCUT2D eigenvalue weighted by Crippen LogP contribution is 2.18. The zero-order valence-corrected chi connectivity index (χ0v) is 19.1. The average molecular weight is 479 g/mol. The molecule has 2 rings (SSSR count). The summed E-state index contributed by atoms with van der Waals surface area (Å²) in [5, 5.41) is 7.90. The van der Waals surface area contributed by atoms with Gasteiger partial charge in [0.1, 0.15) is 0 Å². The Balaban J connectivity index is 0.00000338.